The largest absolute Gasteiger partial charge is 0.508 e. The van der Waals surface area contributed by atoms with Crippen molar-refractivity contribution in [2.75, 3.05) is 0 Å². The molecule has 0 radical (unpaired) electrons. The van der Waals surface area contributed by atoms with Gasteiger partial charge in [-0.15, -0.1) is 0 Å². The standard InChI is InChI=1S/C25H40N4O6/c1-14(2)27-21(32)20(16-10-11-18(30)15(3)12-16)29(24(4,5)6)22(33)17(13-19(26)31)28-23(34)35-25(7,8)9/h10-12,14,17,20,30H,13H2,1-9H3,(H2,26,31)(H,27,32)(H,28,34). The number of carbonyl (C=O) groups excluding carboxylic acids is 4. The molecule has 1 aromatic rings. The fourth-order valence-corrected chi connectivity index (χ4v) is 3.49. The topological polar surface area (TPSA) is 151 Å². The Morgan fingerprint density at radius 3 is 2.06 bits per heavy atom. The Kier molecular flexibility index (Phi) is 9.70. The van der Waals surface area contributed by atoms with E-state index in [0.29, 0.717) is 11.1 Å². The van der Waals surface area contributed by atoms with Crippen molar-refractivity contribution in [3.05, 3.63) is 29.3 Å². The number of nitrogens with zero attached hydrogens (tertiary/aromatic N) is 1. The number of phenolic OH excluding ortho intramolecular Hbond substituents is 1. The van der Waals surface area contributed by atoms with E-state index >= 15 is 0 Å². The Labute approximate surface area is 207 Å². The average molecular weight is 493 g/mol. The molecule has 0 fully saturated rings. The second-order valence-electron chi connectivity index (χ2n) is 10.9. The van der Waals surface area contributed by atoms with Crippen molar-refractivity contribution in [1.29, 1.82) is 0 Å². The molecule has 0 spiro atoms. The van der Waals surface area contributed by atoms with Gasteiger partial charge in [-0.3, -0.25) is 14.4 Å². The zero-order chi connectivity index (χ0) is 27.3. The quantitative estimate of drug-likeness (QED) is 0.438. The third-order valence-corrected chi connectivity index (χ3v) is 4.83. The van der Waals surface area contributed by atoms with E-state index in [9.17, 15) is 24.3 Å². The first-order valence-corrected chi connectivity index (χ1v) is 11.5. The molecule has 1 aromatic carbocycles. The van der Waals surface area contributed by atoms with Gasteiger partial charge in [-0.1, -0.05) is 6.07 Å². The number of nitrogens with two attached hydrogens (primary N) is 1. The van der Waals surface area contributed by atoms with E-state index in [4.69, 9.17) is 10.5 Å². The highest BCUT2D eigenvalue weighted by Crippen LogP contribution is 2.32. The fraction of sp³-hybridized carbons (Fsp3) is 0.600. The van der Waals surface area contributed by atoms with Gasteiger partial charge in [0.25, 0.3) is 0 Å². The number of amides is 4. The molecule has 0 aliphatic rings. The Morgan fingerprint density at radius 2 is 1.63 bits per heavy atom. The van der Waals surface area contributed by atoms with E-state index in [2.05, 4.69) is 10.6 Å². The smallest absolute Gasteiger partial charge is 0.408 e. The van der Waals surface area contributed by atoms with Gasteiger partial charge in [-0.2, -0.15) is 0 Å². The summed E-state index contributed by atoms with van der Waals surface area (Å²) >= 11 is 0. The number of aromatic hydroxyl groups is 1. The molecule has 2 unspecified atom stereocenters. The number of ether oxygens (including phenoxy) is 1. The highest BCUT2D eigenvalue weighted by atomic mass is 16.6. The van der Waals surface area contributed by atoms with Crippen LogP contribution in [0.2, 0.25) is 0 Å². The molecule has 0 aromatic heterocycles. The summed E-state index contributed by atoms with van der Waals surface area (Å²) in [6.07, 6.45) is -1.38. The lowest BCUT2D eigenvalue weighted by molar-refractivity contribution is -0.149. The van der Waals surface area contributed by atoms with Gasteiger partial charge < -0.3 is 31.1 Å². The molecule has 2 atom stereocenters. The lowest BCUT2D eigenvalue weighted by Crippen LogP contribution is -2.59. The molecule has 0 saturated heterocycles. The zero-order valence-corrected chi connectivity index (χ0v) is 22.2. The minimum Gasteiger partial charge on any atom is -0.508 e. The van der Waals surface area contributed by atoms with Crippen LogP contribution in [-0.4, -0.2) is 57.0 Å². The first kappa shape index (κ1) is 29.7. The summed E-state index contributed by atoms with van der Waals surface area (Å²) in [6.45, 7) is 15.5. The lowest BCUT2D eigenvalue weighted by atomic mass is 9.94. The monoisotopic (exact) mass is 492 g/mol. The molecule has 196 valence electrons. The minimum atomic E-state index is -1.37. The van der Waals surface area contributed by atoms with Crippen LogP contribution in [0.3, 0.4) is 0 Å². The predicted molar refractivity (Wildman–Crippen MR) is 132 cm³/mol. The van der Waals surface area contributed by atoms with Crippen molar-refractivity contribution in [3.8, 4) is 5.75 Å². The van der Waals surface area contributed by atoms with E-state index in [-0.39, 0.29) is 11.8 Å². The van der Waals surface area contributed by atoms with Crippen LogP contribution < -0.4 is 16.4 Å². The van der Waals surface area contributed by atoms with Crippen LogP contribution in [0.5, 0.6) is 5.75 Å². The normalized spacial score (nSPS) is 13.5. The van der Waals surface area contributed by atoms with Gasteiger partial charge in [-0.25, -0.2) is 4.79 Å². The van der Waals surface area contributed by atoms with E-state index in [1.807, 2.05) is 0 Å². The molecular formula is C25H40N4O6. The predicted octanol–water partition coefficient (Wildman–Crippen LogP) is 2.66. The Balaban J connectivity index is 3.62. The molecule has 5 N–H and O–H groups in total. The van der Waals surface area contributed by atoms with Gasteiger partial charge in [0.1, 0.15) is 23.4 Å². The molecule has 10 heteroatoms. The van der Waals surface area contributed by atoms with Crippen LogP contribution in [0, 0.1) is 6.92 Å². The zero-order valence-electron chi connectivity index (χ0n) is 22.2. The maximum absolute atomic E-state index is 13.9. The van der Waals surface area contributed by atoms with E-state index in [1.165, 1.54) is 11.0 Å². The van der Waals surface area contributed by atoms with E-state index in [0.717, 1.165) is 0 Å². The summed E-state index contributed by atoms with van der Waals surface area (Å²) in [6, 6.07) is 1.92. The van der Waals surface area contributed by atoms with Crippen molar-refractivity contribution >= 4 is 23.8 Å². The number of carbonyl (C=O) groups is 4. The van der Waals surface area contributed by atoms with E-state index < -0.39 is 53.5 Å². The number of hydrogen-bond acceptors (Lipinski definition) is 6. The average Bonchev–Trinajstić information content (AvgIpc) is 2.63. The maximum atomic E-state index is 13.9. The number of benzene rings is 1. The third-order valence-electron chi connectivity index (χ3n) is 4.83. The van der Waals surface area contributed by atoms with Crippen molar-refractivity contribution in [3.63, 3.8) is 0 Å². The molecule has 4 amide bonds. The van der Waals surface area contributed by atoms with Gasteiger partial charge >= 0.3 is 6.09 Å². The van der Waals surface area contributed by atoms with Crippen molar-refractivity contribution in [1.82, 2.24) is 15.5 Å². The summed E-state index contributed by atoms with van der Waals surface area (Å²) < 4.78 is 5.26. The van der Waals surface area contributed by atoms with Crippen molar-refractivity contribution in [2.45, 2.75) is 98.0 Å². The van der Waals surface area contributed by atoms with Crippen LogP contribution in [0.25, 0.3) is 0 Å². The van der Waals surface area contributed by atoms with Gasteiger partial charge in [0.2, 0.25) is 17.7 Å². The second-order valence-corrected chi connectivity index (χ2v) is 10.9. The molecule has 35 heavy (non-hydrogen) atoms. The van der Waals surface area contributed by atoms with Crippen LogP contribution in [-0.2, 0) is 19.1 Å². The van der Waals surface area contributed by atoms with Crippen LogP contribution in [0.4, 0.5) is 4.79 Å². The van der Waals surface area contributed by atoms with E-state index in [1.54, 1.807) is 74.4 Å². The minimum absolute atomic E-state index is 0.0450. The summed E-state index contributed by atoms with van der Waals surface area (Å²) in [5.41, 5.74) is 4.60. The van der Waals surface area contributed by atoms with Crippen LogP contribution in [0.1, 0.15) is 79.0 Å². The number of hydrogen-bond donors (Lipinski definition) is 4. The number of alkyl carbamates (subject to hydrolysis) is 1. The highest BCUT2D eigenvalue weighted by molar-refractivity contribution is 5.95. The third kappa shape index (κ3) is 9.11. The summed E-state index contributed by atoms with van der Waals surface area (Å²) in [4.78, 5) is 52.9. The molecule has 10 nitrogen and oxygen atoms in total. The van der Waals surface area contributed by atoms with Gasteiger partial charge in [-0.05, 0) is 85.6 Å². The second kappa shape index (κ2) is 11.4. The number of nitrogens with one attached hydrogen (secondary N) is 2. The molecule has 0 aliphatic heterocycles. The molecule has 1 rings (SSSR count). The highest BCUT2D eigenvalue weighted by Gasteiger charge is 2.42. The SMILES string of the molecule is Cc1cc(C(C(=O)NC(C)C)N(C(=O)C(CC(N)=O)NC(=O)OC(C)(C)C)C(C)(C)C)ccc1O. The number of rotatable bonds is 8. The first-order valence-electron chi connectivity index (χ1n) is 11.5. The number of phenols is 1. The number of aryl methyl sites for hydroxylation is 1. The summed E-state index contributed by atoms with van der Waals surface area (Å²) in [5, 5.41) is 15.3. The first-order chi connectivity index (χ1) is 15.8. The van der Waals surface area contributed by atoms with Crippen molar-refractivity contribution in [2.24, 2.45) is 5.73 Å². The molecule has 0 aliphatic carbocycles. The summed E-state index contributed by atoms with van der Waals surface area (Å²) in [7, 11) is 0. The van der Waals surface area contributed by atoms with Crippen LogP contribution in [0.15, 0.2) is 18.2 Å². The summed E-state index contributed by atoms with van der Waals surface area (Å²) in [5.74, 6) is -1.90. The van der Waals surface area contributed by atoms with Crippen LogP contribution >= 0.6 is 0 Å². The number of primary amides is 1. The lowest BCUT2D eigenvalue weighted by Gasteiger charge is -2.43. The Bertz CT molecular complexity index is 946. The molecule has 0 saturated carbocycles. The van der Waals surface area contributed by atoms with Gasteiger partial charge in [0.15, 0.2) is 0 Å². The Hall–Kier alpha value is -3.30. The van der Waals surface area contributed by atoms with Crippen molar-refractivity contribution < 1.29 is 29.0 Å². The molecule has 0 heterocycles. The van der Waals surface area contributed by atoms with Gasteiger partial charge in [0, 0.05) is 11.6 Å². The van der Waals surface area contributed by atoms with Gasteiger partial charge in [0.05, 0.1) is 6.42 Å². The molecule has 0 bridgehead atoms. The Morgan fingerprint density at radius 1 is 1.06 bits per heavy atom. The molecular weight excluding hydrogens is 452 g/mol. The fourth-order valence-electron chi connectivity index (χ4n) is 3.49. The maximum Gasteiger partial charge on any atom is 0.408 e.